The third kappa shape index (κ3) is 29.4. The van der Waals surface area contributed by atoms with Crippen LogP contribution in [0, 0.1) is 6.92 Å². The van der Waals surface area contributed by atoms with Gasteiger partial charge in [0.2, 0.25) is 0 Å². The lowest BCUT2D eigenvalue weighted by molar-refractivity contribution is -0.0267. The average molecular weight is 697 g/mol. The number of hydrogen-bond donors (Lipinski definition) is 0. The first-order chi connectivity index (χ1) is 23.1. The molecule has 0 spiro atoms. The van der Waals surface area contributed by atoms with Crippen LogP contribution in [0.25, 0.3) is 0 Å². The summed E-state index contributed by atoms with van der Waals surface area (Å²) in [4.78, 5) is 0.130. The lowest BCUT2D eigenvalue weighted by Crippen LogP contribution is -2.15. The Morgan fingerprint density at radius 1 is 0.404 bits per heavy atom. The summed E-state index contributed by atoms with van der Waals surface area (Å²) in [6.07, 6.45) is 4.87. The second-order valence-electron chi connectivity index (χ2n) is 10.3. The molecule has 0 saturated heterocycles. The maximum atomic E-state index is 12.1. The van der Waals surface area contributed by atoms with Crippen molar-refractivity contribution in [1.29, 1.82) is 0 Å². The Kier molecular flexibility index (Phi) is 30.9. The van der Waals surface area contributed by atoms with Crippen molar-refractivity contribution in [2.75, 3.05) is 139 Å². The fourth-order valence-corrected chi connectivity index (χ4v) is 4.58. The minimum absolute atomic E-state index is 0.0569. The molecule has 13 nitrogen and oxygen atoms in total. The van der Waals surface area contributed by atoms with E-state index < -0.39 is 10.1 Å². The monoisotopic (exact) mass is 696 g/mol. The Labute approximate surface area is 282 Å². The Morgan fingerprint density at radius 3 is 1.02 bits per heavy atom. The van der Waals surface area contributed by atoms with E-state index in [0.29, 0.717) is 119 Å². The van der Waals surface area contributed by atoms with Crippen molar-refractivity contribution < 1.29 is 60.0 Å². The van der Waals surface area contributed by atoms with E-state index in [4.69, 9.17) is 51.6 Å². The first kappa shape index (κ1) is 43.8. The fraction of sp³-hybridized carbons (Fsp3) is 0.818. The molecule has 14 heteroatoms. The second-order valence-corrected chi connectivity index (χ2v) is 11.9. The Bertz CT molecular complexity index is 887. The highest BCUT2D eigenvalue weighted by molar-refractivity contribution is 7.86. The molecule has 1 aromatic rings. The molecule has 0 saturated carbocycles. The highest BCUT2D eigenvalue weighted by atomic mass is 32.2. The van der Waals surface area contributed by atoms with Crippen molar-refractivity contribution in [3.63, 3.8) is 0 Å². The molecule has 0 radical (unpaired) electrons. The van der Waals surface area contributed by atoms with Crippen LogP contribution in [0.2, 0.25) is 0 Å². The van der Waals surface area contributed by atoms with Crippen molar-refractivity contribution >= 4 is 10.1 Å². The van der Waals surface area contributed by atoms with Crippen LogP contribution < -0.4 is 0 Å². The quantitative estimate of drug-likeness (QED) is 0.0743. The van der Waals surface area contributed by atoms with Gasteiger partial charge in [-0.05, 0) is 25.5 Å². The zero-order valence-corrected chi connectivity index (χ0v) is 29.5. The number of benzene rings is 1. The van der Waals surface area contributed by atoms with Gasteiger partial charge in [-0.3, -0.25) is 4.18 Å². The lowest BCUT2D eigenvalue weighted by Gasteiger charge is -2.09. The third-order valence-corrected chi connectivity index (χ3v) is 7.59. The Hall–Kier alpha value is -1.27. The molecule has 0 N–H and O–H groups in total. The molecule has 0 amide bonds. The number of hydrogen-bond acceptors (Lipinski definition) is 13. The number of unbranched alkanes of at least 4 members (excludes halogenated alkanes) is 3. The van der Waals surface area contributed by atoms with Crippen molar-refractivity contribution in [3.05, 3.63) is 29.8 Å². The maximum absolute atomic E-state index is 12.1. The van der Waals surface area contributed by atoms with E-state index in [1.54, 1.807) is 12.1 Å². The minimum Gasteiger partial charge on any atom is -0.379 e. The van der Waals surface area contributed by atoms with Crippen LogP contribution in [-0.4, -0.2) is 147 Å². The molecular weight excluding hydrogens is 636 g/mol. The Morgan fingerprint density at radius 2 is 0.702 bits per heavy atom. The summed E-state index contributed by atoms with van der Waals surface area (Å²) >= 11 is 0. The normalized spacial score (nSPS) is 11.9. The van der Waals surface area contributed by atoms with Gasteiger partial charge >= 0.3 is 0 Å². The Balaban J connectivity index is 1.67. The molecule has 0 unspecified atom stereocenters. The molecule has 1 aromatic carbocycles. The number of aryl methyl sites for hydroxylation is 1. The van der Waals surface area contributed by atoms with Crippen LogP contribution in [-0.2, 0) is 61.7 Å². The highest BCUT2D eigenvalue weighted by Gasteiger charge is 2.14. The molecule has 0 aliphatic carbocycles. The van der Waals surface area contributed by atoms with E-state index in [2.05, 4.69) is 6.92 Å². The predicted molar refractivity (Wildman–Crippen MR) is 177 cm³/mol. The first-order valence-electron chi connectivity index (χ1n) is 16.8. The fourth-order valence-electron chi connectivity index (χ4n) is 3.69. The van der Waals surface area contributed by atoms with Crippen molar-refractivity contribution in [3.8, 4) is 0 Å². The standard InChI is InChI=1S/C33H60O13S/c1-3-4-5-6-11-36-12-13-37-14-15-38-16-17-39-18-19-40-20-21-41-22-23-42-24-25-43-26-27-44-28-29-45-30-31-46-47(34,35)33-9-7-32(2)8-10-33/h7-10H,3-6,11-31H2,1-2H3. The van der Waals surface area contributed by atoms with Crippen molar-refractivity contribution in [2.24, 2.45) is 0 Å². The van der Waals surface area contributed by atoms with Crippen molar-refractivity contribution in [1.82, 2.24) is 0 Å². The topological polar surface area (TPSA) is 136 Å². The molecule has 0 aliphatic heterocycles. The summed E-state index contributed by atoms with van der Waals surface area (Å²) in [5.74, 6) is 0. The SMILES string of the molecule is CCCCCCOCCOCCOCCOCCOCCOCCOCCOCCOCCOCCOS(=O)(=O)c1ccc(C)cc1. The van der Waals surface area contributed by atoms with E-state index in [-0.39, 0.29) is 18.1 Å². The summed E-state index contributed by atoms with van der Waals surface area (Å²) in [5.41, 5.74) is 0.977. The van der Waals surface area contributed by atoms with Crippen LogP contribution in [0.1, 0.15) is 38.2 Å². The molecule has 276 valence electrons. The van der Waals surface area contributed by atoms with Gasteiger partial charge in [0.15, 0.2) is 0 Å². The maximum Gasteiger partial charge on any atom is 0.297 e. The third-order valence-electron chi connectivity index (χ3n) is 6.27. The van der Waals surface area contributed by atoms with Crippen molar-refractivity contribution in [2.45, 2.75) is 44.4 Å². The largest absolute Gasteiger partial charge is 0.379 e. The van der Waals surface area contributed by atoms with E-state index >= 15 is 0 Å². The first-order valence-corrected chi connectivity index (χ1v) is 18.2. The molecule has 47 heavy (non-hydrogen) atoms. The summed E-state index contributed by atoms with van der Waals surface area (Å²) in [6.45, 7) is 13.9. The smallest absolute Gasteiger partial charge is 0.297 e. The summed E-state index contributed by atoms with van der Waals surface area (Å²) in [5, 5.41) is 0. The van der Waals surface area contributed by atoms with Gasteiger partial charge in [-0.2, -0.15) is 8.42 Å². The molecule has 0 heterocycles. The van der Waals surface area contributed by atoms with Gasteiger partial charge in [-0.25, -0.2) is 0 Å². The zero-order valence-electron chi connectivity index (χ0n) is 28.7. The van der Waals surface area contributed by atoms with Gasteiger partial charge in [0.25, 0.3) is 10.1 Å². The second kappa shape index (κ2) is 33.2. The van der Waals surface area contributed by atoms with Crippen LogP contribution in [0.3, 0.4) is 0 Å². The van der Waals surface area contributed by atoms with Crippen LogP contribution >= 0.6 is 0 Å². The van der Waals surface area contributed by atoms with E-state index in [0.717, 1.165) is 18.6 Å². The number of ether oxygens (including phenoxy) is 10. The molecular formula is C33H60O13S. The predicted octanol–water partition coefficient (Wildman–Crippen LogP) is 3.45. The van der Waals surface area contributed by atoms with Gasteiger partial charge in [-0.1, -0.05) is 43.9 Å². The molecule has 0 aromatic heterocycles. The summed E-state index contributed by atoms with van der Waals surface area (Å²) < 4.78 is 83.7. The van der Waals surface area contributed by atoms with Gasteiger partial charge in [-0.15, -0.1) is 0 Å². The van der Waals surface area contributed by atoms with Gasteiger partial charge in [0.1, 0.15) is 0 Å². The molecule has 0 atom stereocenters. The van der Waals surface area contributed by atoms with Crippen LogP contribution in [0.15, 0.2) is 29.2 Å². The lowest BCUT2D eigenvalue weighted by atomic mass is 10.2. The zero-order chi connectivity index (χ0) is 33.9. The van der Waals surface area contributed by atoms with Gasteiger partial charge in [0.05, 0.1) is 137 Å². The van der Waals surface area contributed by atoms with E-state index in [1.165, 1.54) is 31.4 Å². The average Bonchev–Trinajstić information content (AvgIpc) is 3.06. The highest BCUT2D eigenvalue weighted by Crippen LogP contribution is 2.12. The number of rotatable bonds is 37. The molecule has 0 fully saturated rings. The van der Waals surface area contributed by atoms with E-state index in [9.17, 15) is 8.42 Å². The van der Waals surface area contributed by atoms with Crippen LogP contribution in [0.4, 0.5) is 0 Å². The summed E-state index contributed by atoms with van der Waals surface area (Å²) in [7, 11) is -3.77. The molecule has 0 bridgehead atoms. The van der Waals surface area contributed by atoms with Crippen LogP contribution in [0.5, 0.6) is 0 Å². The van der Waals surface area contributed by atoms with Gasteiger partial charge in [0, 0.05) is 6.61 Å². The minimum atomic E-state index is -3.77. The molecule has 0 aliphatic rings. The summed E-state index contributed by atoms with van der Waals surface area (Å²) in [6, 6.07) is 6.49. The van der Waals surface area contributed by atoms with Gasteiger partial charge < -0.3 is 47.4 Å². The van der Waals surface area contributed by atoms with E-state index in [1.807, 2.05) is 6.92 Å². The molecule has 1 rings (SSSR count).